The molecule has 0 unspecified atom stereocenters. The maximum atomic E-state index is 8.82. The molecule has 0 aliphatic rings. The van der Waals surface area contributed by atoms with Gasteiger partial charge < -0.3 is 9.47 Å². The summed E-state index contributed by atoms with van der Waals surface area (Å²) in [7, 11) is 3.18. The van der Waals surface area contributed by atoms with E-state index in [1.54, 1.807) is 14.2 Å². The summed E-state index contributed by atoms with van der Waals surface area (Å²) in [6.07, 6.45) is 1.17. The fourth-order valence-electron chi connectivity index (χ4n) is 1.60. The minimum atomic E-state index is 0.300. The van der Waals surface area contributed by atoms with E-state index in [1.807, 2.05) is 6.07 Å². The molecule has 3 nitrogen and oxygen atoms in total. The zero-order valence-corrected chi connectivity index (χ0v) is 11.2. The number of nitriles is 1. The molecular weight excluding hydrogens is 270 g/mol. The van der Waals surface area contributed by atoms with Crippen LogP contribution in [-0.4, -0.2) is 14.2 Å². The van der Waals surface area contributed by atoms with Gasteiger partial charge in [-0.1, -0.05) is 22.9 Å². The van der Waals surface area contributed by atoms with E-state index in [2.05, 4.69) is 28.9 Å². The van der Waals surface area contributed by atoms with E-state index in [4.69, 9.17) is 14.7 Å². The molecule has 0 aliphatic heterocycles. The SMILES string of the molecule is CCc1cc(OC)c(OC)c(CC#N)c1Br. The molecule has 0 fully saturated rings. The summed E-state index contributed by atoms with van der Waals surface area (Å²) < 4.78 is 11.5. The van der Waals surface area contributed by atoms with Gasteiger partial charge in [0.05, 0.1) is 26.7 Å². The third-order valence-electron chi connectivity index (χ3n) is 2.41. The Morgan fingerprint density at radius 3 is 2.50 bits per heavy atom. The highest BCUT2D eigenvalue weighted by atomic mass is 79.9. The van der Waals surface area contributed by atoms with E-state index >= 15 is 0 Å². The Kier molecular flexibility index (Phi) is 4.63. The zero-order chi connectivity index (χ0) is 12.1. The number of hydrogen-bond donors (Lipinski definition) is 0. The van der Waals surface area contributed by atoms with E-state index in [1.165, 1.54) is 0 Å². The van der Waals surface area contributed by atoms with Crippen LogP contribution in [0.1, 0.15) is 18.1 Å². The van der Waals surface area contributed by atoms with E-state index in [-0.39, 0.29) is 0 Å². The molecule has 0 aliphatic carbocycles. The van der Waals surface area contributed by atoms with Crippen molar-refractivity contribution >= 4 is 15.9 Å². The van der Waals surface area contributed by atoms with Crippen molar-refractivity contribution in [1.82, 2.24) is 0 Å². The van der Waals surface area contributed by atoms with Crippen molar-refractivity contribution in [2.45, 2.75) is 19.8 Å². The van der Waals surface area contributed by atoms with Gasteiger partial charge in [-0.15, -0.1) is 0 Å². The smallest absolute Gasteiger partial charge is 0.166 e. The van der Waals surface area contributed by atoms with Gasteiger partial charge in [-0.3, -0.25) is 0 Å². The van der Waals surface area contributed by atoms with E-state index in [0.717, 1.165) is 22.0 Å². The van der Waals surface area contributed by atoms with Gasteiger partial charge >= 0.3 is 0 Å². The molecule has 0 spiro atoms. The quantitative estimate of drug-likeness (QED) is 0.853. The Hall–Kier alpha value is -1.21. The standard InChI is InChI=1S/C12H14BrNO2/c1-4-8-7-10(15-2)12(16-3)9(5-6-14)11(8)13/h7H,4-5H2,1-3H3. The van der Waals surface area contributed by atoms with Crippen LogP contribution in [-0.2, 0) is 12.8 Å². The Morgan fingerprint density at radius 1 is 1.38 bits per heavy atom. The molecule has 0 bridgehead atoms. The number of ether oxygens (including phenoxy) is 2. The number of hydrogen-bond acceptors (Lipinski definition) is 3. The second-order valence-electron chi connectivity index (χ2n) is 3.25. The van der Waals surface area contributed by atoms with Crippen molar-refractivity contribution in [3.8, 4) is 17.6 Å². The average Bonchev–Trinajstić information content (AvgIpc) is 2.31. The van der Waals surface area contributed by atoms with Gasteiger partial charge in [0, 0.05) is 10.0 Å². The van der Waals surface area contributed by atoms with Crippen molar-refractivity contribution in [2.24, 2.45) is 0 Å². The molecule has 0 saturated heterocycles. The van der Waals surface area contributed by atoms with Crippen molar-refractivity contribution in [2.75, 3.05) is 14.2 Å². The minimum Gasteiger partial charge on any atom is -0.493 e. The number of aryl methyl sites for hydroxylation is 1. The lowest BCUT2D eigenvalue weighted by Gasteiger charge is -2.15. The third kappa shape index (κ3) is 2.30. The molecule has 16 heavy (non-hydrogen) atoms. The third-order valence-corrected chi connectivity index (χ3v) is 3.40. The predicted molar refractivity (Wildman–Crippen MR) is 65.9 cm³/mol. The van der Waals surface area contributed by atoms with Crippen molar-refractivity contribution in [1.29, 1.82) is 5.26 Å². The van der Waals surface area contributed by atoms with Gasteiger partial charge in [0.2, 0.25) is 0 Å². The van der Waals surface area contributed by atoms with Crippen molar-refractivity contribution in [3.05, 3.63) is 21.7 Å². The molecule has 1 aromatic carbocycles. The molecule has 0 N–H and O–H groups in total. The second kappa shape index (κ2) is 5.76. The predicted octanol–water partition coefficient (Wildman–Crippen LogP) is 3.09. The largest absolute Gasteiger partial charge is 0.493 e. The molecule has 0 atom stereocenters. The van der Waals surface area contributed by atoms with E-state index in [0.29, 0.717) is 17.9 Å². The van der Waals surface area contributed by atoms with Crippen LogP contribution < -0.4 is 9.47 Å². The van der Waals surface area contributed by atoms with Gasteiger partial charge in [-0.2, -0.15) is 5.26 Å². The first-order valence-corrected chi connectivity index (χ1v) is 5.78. The molecule has 0 aromatic heterocycles. The maximum absolute atomic E-state index is 8.82. The summed E-state index contributed by atoms with van der Waals surface area (Å²) in [5.41, 5.74) is 1.96. The Balaban J connectivity index is 3.45. The Labute approximate surface area is 104 Å². The van der Waals surface area contributed by atoms with Crippen LogP contribution in [0.5, 0.6) is 11.5 Å². The fourth-order valence-corrected chi connectivity index (χ4v) is 2.31. The molecule has 1 aromatic rings. The first-order valence-electron chi connectivity index (χ1n) is 4.98. The van der Waals surface area contributed by atoms with E-state index < -0.39 is 0 Å². The number of benzene rings is 1. The molecule has 0 saturated carbocycles. The topological polar surface area (TPSA) is 42.2 Å². The summed E-state index contributed by atoms with van der Waals surface area (Å²) in [5, 5.41) is 8.82. The van der Waals surface area contributed by atoms with Crippen LogP contribution in [0.4, 0.5) is 0 Å². The molecular formula is C12H14BrNO2. The number of nitrogens with zero attached hydrogens (tertiary/aromatic N) is 1. The molecule has 1 rings (SSSR count). The van der Waals surface area contributed by atoms with Crippen LogP contribution in [0, 0.1) is 11.3 Å². The lowest BCUT2D eigenvalue weighted by Crippen LogP contribution is -2.00. The number of rotatable bonds is 4. The first kappa shape index (κ1) is 12.9. The highest BCUT2D eigenvalue weighted by Gasteiger charge is 2.16. The highest BCUT2D eigenvalue weighted by Crippen LogP contribution is 2.39. The van der Waals surface area contributed by atoms with Gasteiger partial charge in [0.15, 0.2) is 11.5 Å². The lowest BCUT2D eigenvalue weighted by molar-refractivity contribution is 0.351. The Morgan fingerprint density at radius 2 is 2.06 bits per heavy atom. The van der Waals surface area contributed by atoms with Crippen molar-refractivity contribution in [3.63, 3.8) is 0 Å². The molecule has 4 heteroatoms. The first-order chi connectivity index (χ1) is 7.69. The lowest BCUT2D eigenvalue weighted by atomic mass is 10.0. The molecule has 86 valence electrons. The van der Waals surface area contributed by atoms with Crippen LogP contribution in [0.25, 0.3) is 0 Å². The summed E-state index contributed by atoms with van der Waals surface area (Å²) in [4.78, 5) is 0. The summed E-state index contributed by atoms with van der Waals surface area (Å²) >= 11 is 3.51. The zero-order valence-electron chi connectivity index (χ0n) is 9.63. The van der Waals surface area contributed by atoms with Crippen molar-refractivity contribution < 1.29 is 9.47 Å². The monoisotopic (exact) mass is 283 g/mol. The Bertz CT molecular complexity index is 424. The average molecular weight is 284 g/mol. The van der Waals surface area contributed by atoms with Gasteiger partial charge in [-0.25, -0.2) is 0 Å². The van der Waals surface area contributed by atoms with Gasteiger partial charge in [0.1, 0.15) is 0 Å². The van der Waals surface area contributed by atoms with Gasteiger partial charge in [0.25, 0.3) is 0 Å². The molecule has 0 radical (unpaired) electrons. The van der Waals surface area contributed by atoms with Crippen LogP contribution >= 0.6 is 15.9 Å². The highest BCUT2D eigenvalue weighted by molar-refractivity contribution is 9.10. The second-order valence-corrected chi connectivity index (χ2v) is 4.05. The molecule has 0 amide bonds. The van der Waals surface area contributed by atoms with Gasteiger partial charge in [-0.05, 0) is 18.1 Å². The normalized spacial score (nSPS) is 9.69. The minimum absolute atomic E-state index is 0.300. The van der Waals surface area contributed by atoms with Crippen LogP contribution in [0.15, 0.2) is 10.5 Å². The maximum Gasteiger partial charge on any atom is 0.166 e. The molecule has 0 heterocycles. The van der Waals surface area contributed by atoms with Crippen LogP contribution in [0.2, 0.25) is 0 Å². The summed E-state index contributed by atoms with van der Waals surface area (Å²) in [6, 6.07) is 4.07. The number of halogens is 1. The van der Waals surface area contributed by atoms with E-state index in [9.17, 15) is 0 Å². The summed E-state index contributed by atoms with van der Waals surface area (Å²) in [6.45, 7) is 2.06. The van der Waals surface area contributed by atoms with Crippen LogP contribution in [0.3, 0.4) is 0 Å². The fraction of sp³-hybridized carbons (Fsp3) is 0.417. The summed E-state index contributed by atoms with van der Waals surface area (Å²) in [5.74, 6) is 1.31. The number of methoxy groups -OCH3 is 2.